The van der Waals surface area contributed by atoms with Gasteiger partial charge in [0.15, 0.2) is 0 Å². The van der Waals surface area contributed by atoms with Crippen LogP contribution >= 0.6 is 0 Å². The number of fused-ring (bicyclic) bond motifs is 1. The molecule has 9 nitrogen and oxygen atoms in total. The van der Waals surface area contributed by atoms with Gasteiger partial charge in [0.05, 0.1) is 32.5 Å². The molecular weight excluding hydrogens is 530 g/mol. The second kappa shape index (κ2) is 14.0. The van der Waals surface area contributed by atoms with Crippen LogP contribution in [0.2, 0.25) is 0 Å². The summed E-state index contributed by atoms with van der Waals surface area (Å²) in [5, 5.41) is 14.2. The summed E-state index contributed by atoms with van der Waals surface area (Å²) in [5.41, 5.74) is 1.35. The summed E-state index contributed by atoms with van der Waals surface area (Å²) in [6.45, 7) is 6.79. The first kappa shape index (κ1) is 31.6. The molecule has 1 aromatic rings. The number of methoxy groups -OCH3 is 1. The Morgan fingerprint density at radius 1 is 0.947 bits per heavy atom. The first-order chi connectivity index (χ1) is 17.7. The average molecular weight is 560 g/mol. The van der Waals surface area contributed by atoms with Crippen LogP contribution in [0.5, 0.6) is 5.75 Å². The van der Waals surface area contributed by atoms with Gasteiger partial charge in [0.1, 0.15) is 5.75 Å². The summed E-state index contributed by atoms with van der Waals surface area (Å²) in [7, 11) is 1.71. The van der Waals surface area contributed by atoms with Crippen molar-refractivity contribution >= 4 is 11.9 Å². The Morgan fingerprint density at radius 3 is 1.95 bits per heavy atom. The Kier molecular flexibility index (Phi) is 11.6. The first-order valence-corrected chi connectivity index (χ1v) is 11.6. The molecule has 216 valence electrons. The smallest absolute Gasteiger partial charge is 0.490 e. The largest absolute Gasteiger partial charge is 0.497 e. The molecule has 3 fully saturated rings. The fourth-order valence-corrected chi connectivity index (χ4v) is 4.40. The molecule has 0 spiro atoms. The van der Waals surface area contributed by atoms with E-state index in [1.54, 1.807) is 7.11 Å². The van der Waals surface area contributed by atoms with E-state index >= 15 is 0 Å². The molecule has 0 aliphatic carbocycles. The van der Waals surface area contributed by atoms with Crippen LogP contribution in [-0.2, 0) is 25.6 Å². The number of morpholine rings is 1. The van der Waals surface area contributed by atoms with E-state index in [1.165, 1.54) is 18.4 Å². The zero-order valence-corrected chi connectivity index (χ0v) is 20.5. The van der Waals surface area contributed by atoms with Gasteiger partial charge >= 0.3 is 24.3 Å². The predicted molar refractivity (Wildman–Crippen MR) is 120 cm³/mol. The van der Waals surface area contributed by atoms with Crippen LogP contribution in [0.4, 0.5) is 26.3 Å². The lowest BCUT2D eigenvalue weighted by Gasteiger charge is -2.37. The minimum absolute atomic E-state index is 0.357. The molecular formula is C23H30F6N2O7. The highest BCUT2D eigenvalue weighted by atomic mass is 19.4. The molecule has 2 N–H and O–H groups in total. The van der Waals surface area contributed by atoms with Crippen LogP contribution in [0.1, 0.15) is 18.4 Å². The van der Waals surface area contributed by atoms with E-state index in [1.807, 2.05) is 0 Å². The molecule has 0 saturated carbocycles. The highest BCUT2D eigenvalue weighted by molar-refractivity contribution is 5.73. The molecule has 3 atom stereocenters. The van der Waals surface area contributed by atoms with Gasteiger partial charge in [-0.2, -0.15) is 26.3 Å². The highest BCUT2D eigenvalue weighted by Crippen LogP contribution is 2.33. The first-order valence-electron chi connectivity index (χ1n) is 11.6. The number of carboxylic acids is 2. The van der Waals surface area contributed by atoms with E-state index in [2.05, 4.69) is 34.1 Å². The van der Waals surface area contributed by atoms with Gasteiger partial charge in [0, 0.05) is 38.8 Å². The number of hydrogen-bond donors (Lipinski definition) is 2. The number of hydrogen-bond acceptors (Lipinski definition) is 7. The average Bonchev–Trinajstić information content (AvgIpc) is 3.23. The molecule has 0 radical (unpaired) electrons. The van der Waals surface area contributed by atoms with Gasteiger partial charge in [-0.25, -0.2) is 9.59 Å². The zero-order valence-electron chi connectivity index (χ0n) is 20.5. The molecule has 3 saturated heterocycles. The number of halogens is 6. The molecule has 0 unspecified atom stereocenters. The van der Waals surface area contributed by atoms with E-state index < -0.39 is 24.3 Å². The Labute approximate surface area is 214 Å². The van der Waals surface area contributed by atoms with Crippen molar-refractivity contribution in [3.8, 4) is 5.75 Å². The van der Waals surface area contributed by atoms with E-state index in [-0.39, 0.29) is 0 Å². The van der Waals surface area contributed by atoms with Gasteiger partial charge in [-0.3, -0.25) is 9.80 Å². The molecule has 1 aromatic carbocycles. The Bertz CT molecular complexity index is 868. The Balaban J connectivity index is 0.000000301. The summed E-state index contributed by atoms with van der Waals surface area (Å²) in [6.07, 6.45) is -7.38. The number of rotatable bonds is 4. The van der Waals surface area contributed by atoms with Crippen LogP contribution in [0.3, 0.4) is 0 Å². The maximum Gasteiger partial charge on any atom is 0.490 e. The molecule has 3 aliphatic rings. The van der Waals surface area contributed by atoms with Crippen molar-refractivity contribution in [2.24, 2.45) is 0 Å². The number of carboxylic acid groups (broad SMARTS) is 2. The van der Waals surface area contributed by atoms with Crippen molar-refractivity contribution in [2.45, 2.75) is 49.9 Å². The summed E-state index contributed by atoms with van der Waals surface area (Å²) in [4.78, 5) is 23.0. The van der Waals surface area contributed by atoms with Crippen molar-refractivity contribution in [3.63, 3.8) is 0 Å². The topological polar surface area (TPSA) is 109 Å². The van der Waals surface area contributed by atoms with Gasteiger partial charge in [0.25, 0.3) is 0 Å². The van der Waals surface area contributed by atoms with Crippen LogP contribution in [0, 0.1) is 0 Å². The fourth-order valence-electron chi connectivity index (χ4n) is 4.40. The standard InChI is InChI=1S/C19H28N2O3.2C2HF3O2/c1-22-16-6-4-15(5-7-16)13-21-14-18(20-8-11-23-12-9-20)19-17(21)3-2-10-24-19;2*3-2(4,5)1(6)7/h4-7,17-19H,2-3,8-14H2,1H3;2*(H,6,7)/t17-,18-,19+;;/m0../s1. The third-order valence-corrected chi connectivity index (χ3v) is 6.15. The van der Waals surface area contributed by atoms with E-state index in [0.717, 1.165) is 51.7 Å². The van der Waals surface area contributed by atoms with Crippen LogP contribution in [0.15, 0.2) is 24.3 Å². The molecule has 0 aromatic heterocycles. The number of carbonyl (C=O) groups is 2. The van der Waals surface area contributed by atoms with E-state index in [9.17, 15) is 26.3 Å². The maximum absolute atomic E-state index is 10.6. The lowest BCUT2D eigenvalue weighted by Crippen LogP contribution is -2.51. The fraction of sp³-hybridized carbons (Fsp3) is 0.652. The molecule has 3 heterocycles. The number of nitrogens with zero attached hydrogens (tertiary/aromatic N) is 2. The van der Waals surface area contributed by atoms with Gasteiger partial charge in [-0.15, -0.1) is 0 Å². The number of benzene rings is 1. The van der Waals surface area contributed by atoms with Gasteiger partial charge < -0.3 is 24.4 Å². The number of ether oxygens (including phenoxy) is 3. The second-order valence-corrected chi connectivity index (χ2v) is 8.64. The van der Waals surface area contributed by atoms with E-state index in [0.29, 0.717) is 18.2 Å². The van der Waals surface area contributed by atoms with Crippen molar-refractivity contribution in [3.05, 3.63) is 29.8 Å². The van der Waals surface area contributed by atoms with Crippen molar-refractivity contribution < 1.29 is 60.4 Å². The Hall–Kier alpha value is -2.62. The van der Waals surface area contributed by atoms with E-state index in [4.69, 9.17) is 34.0 Å². The third-order valence-electron chi connectivity index (χ3n) is 6.15. The van der Waals surface area contributed by atoms with Gasteiger partial charge in [-0.05, 0) is 30.5 Å². The van der Waals surface area contributed by atoms with Crippen LogP contribution in [0.25, 0.3) is 0 Å². The van der Waals surface area contributed by atoms with Crippen molar-refractivity contribution in [1.29, 1.82) is 0 Å². The lowest BCUT2D eigenvalue weighted by molar-refractivity contribution is -0.193. The third kappa shape index (κ3) is 9.60. The van der Waals surface area contributed by atoms with Crippen LogP contribution < -0.4 is 4.74 Å². The normalized spacial score (nSPS) is 24.2. The SMILES string of the molecule is COc1ccc(CN2C[C@H](N3CCOCC3)[C@@H]3OCCC[C@@H]32)cc1.O=C(O)C(F)(F)F.O=C(O)C(F)(F)F. The molecule has 0 bridgehead atoms. The lowest BCUT2D eigenvalue weighted by atomic mass is 9.99. The Morgan fingerprint density at radius 2 is 1.47 bits per heavy atom. The highest BCUT2D eigenvalue weighted by Gasteiger charge is 2.46. The molecule has 15 heteroatoms. The quantitative estimate of drug-likeness (QED) is 0.538. The summed E-state index contributed by atoms with van der Waals surface area (Å²) in [5.74, 6) is -4.59. The van der Waals surface area contributed by atoms with Gasteiger partial charge in [0.2, 0.25) is 0 Å². The number of aliphatic carboxylic acids is 2. The number of alkyl halides is 6. The molecule has 3 aliphatic heterocycles. The molecule has 38 heavy (non-hydrogen) atoms. The summed E-state index contributed by atoms with van der Waals surface area (Å²) >= 11 is 0. The molecule has 4 rings (SSSR count). The van der Waals surface area contributed by atoms with Crippen molar-refractivity contribution in [2.75, 3.05) is 46.6 Å². The van der Waals surface area contributed by atoms with Gasteiger partial charge in [-0.1, -0.05) is 12.1 Å². The maximum atomic E-state index is 10.6. The molecule has 0 amide bonds. The zero-order chi connectivity index (χ0) is 28.5. The summed E-state index contributed by atoms with van der Waals surface area (Å²) in [6, 6.07) is 9.53. The van der Waals surface area contributed by atoms with Crippen molar-refractivity contribution in [1.82, 2.24) is 9.80 Å². The monoisotopic (exact) mass is 560 g/mol. The van der Waals surface area contributed by atoms with Crippen LogP contribution in [-0.4, -0.2) is 109 Å². The minimum Gasteiger partial charge on any atom is -0.497 e. The second-order valence-electron chi connectivity index (χ2n) is 8.64. The summed E-state index contributed by atoms with van der Waals surface area (Å²) < 4.78 is 80.5. The minimum atomic E-state index is -5.08. The number of likely N-dealkylation sites (tertiary alicyclic amines) is 1. The predicted octanol–water partition coefficient (Wildman–Crippen LogP) is 3.03.